The highest BCUT2D eigenvalue weighted by molar-refractivity contribution is 5.29. The van der Waals surface area contributed by atoms with Crippen molar-refractivity contribution in [1.29, 1.82) is 0 Å². The zero-order valence-electron chi connectivity index (χ0n) is 19.6. The molecule has 6 N–H and O–H groups in total. The van der Waals surface area contributed by atoms with Crippen molar-refractivity contribution in [2.24, 2.45) is 0 Å². The molecule has 38 heavy (non-hydrogen) atoms. The minimum Gasteiger partial charge on any atom is -0.394 e. The smallest absolute Gasteiger partial charge is 0.165 e. The predicted molar refractivity (Wildman–Crippen MR) is 114 cm³/mol. The Morgan fingerprint density at radius 2 is 1.13 bits per heavy atom. The van der Waals surface area contributed by atoms with Crippen LogP contribution in [-0.4, -0.2) is 66.8 Å². The molecule has 0 aliphatic carbocycles. The van der Waals surface area contributed by atoms with E-state index in [1.165, 1.54) is 13.0 Å². The maximum atomic E-state index is 14.4. The van der Waals surface area contributed by atoms with Crippen molar-refractivity contribution >= 4 is 0 Å². The monoisotopic (exact) mass is 560 g/mol. The van der Waals surface area contributed by atoms with Crippen LogP contribution in [0, 0.1) is 46.5 Å². The minimum absolute atomic E-state index is 0.155. The van der Waals surface area contributed by atoms with Crippen LogP contribution in [0.3, 0.4) is 0 Å². The molecule has 0 aliphatic heterocycles. The molecule has 0 saturated heterocycles. The van der Waals surface area contributed by atoms with Crippen molar-refractivity contribution < 1.29 is 65.8 Å². The van der Waals surface area contributed by atoms with E-state index in [-0.39, 0.29) is 12.1 Å². The lowest BCUT2D eigenvalue weighted by Crippen LogP contribution is -2.66. The summed E-state index contributed by atoms with van der Waals surface area (Å²) in [6.07, 6.45) is -10.3. The third kappa shape index (κ3) is 6.00. The molecule has 2 aromatic rings. The number of hydrogen-bond donors (Lipinski definition) is 6. The van der Waals surface area contributed by atoms with Gasteiger partial charge in [0.15, 0.2) is 46.5 Å². The molecule has 0 spiro atoms. The number of hydrogen-bond acceptors (Lipinski definition) is 6. The molecular weight excluding hydrogens is 536 g/mol. The SMILES string of the molecule is C/C=C/CC(O)(Cc1c(F)c(F)cc(F)c1F)[C@@H](O)[C@@](O)(Cc1c(F)c(F)cc(F)c1F)[C@H](O)[C@@H](O)CO. The lowest BCUT2D eigenvalue weighted by Gasteiger charge is -2.46. The number of benzene rings is 2. The van der Waals surface area contributed by atoms with E-state index in [0.717, 1.165) is 6.08 Å². The fourth-order valence-corrected chi connectivity index (χ4v) is 4.01. The normalized spacial score (nSPS) is 17.8. The number of allylic oxidation sites excluding steroid dienone is 1. The summed E-state index contributed by atoms with van der Waals surface area (Å²) in [4.78, 5) is 0. The standard InChI is InChI=1S/C24H24F8O6/c1-2-3-4-23(37,7-10-17(29)12(25)5-13(26)18(10)30)22(36)24(38,21(35)16(34)9-33)8-11-19(31)14(27)6-15(28)20(11)32/h2-3,5-6,16,21-22,33-38H,4,7-9H2,1H3/b3-2+/t16-,21+,22+,23?,24+/m0/s1. The predicted octanol–water partition coefficient (Wildman–Crippen LogP) is 2.09. The van der Waals surface area contributed by atoms with Crippen LogP contribution < -0.4 is 0 Å². The molecule has 5 atom stereocenters. The second kappa shape index (κ2) is 12.1. The summed E-state index contributed by atoms with van der Waals surface area (Å²) in [5, 5.41) is 63.1. The molecule has 0 bridgehead atoms. The average molecular weight is 560 g/mol. The zero-order chi connectivity index (χ0) is 29.2. The Kier molecular flexibility index (Phi) is 10.0. The maximum Gasteiger partial charge on any atom is 0.165 e. The van der Waals surface area contributed by atoms with Gasteiger partial charge in [-0.3, -0.25) is 0 Å². The van der Waals surface area contributed by atoms with Crippen LogP contribution in [0.5, 0.6) is 0 Å². The van der Waals surface area contributed by atoms with Gasteiger partial charge in [-0.2, -0.15) is 0 Å². The van der Waals surface area contributed by atoms with Gasteiger partial charge in [-0.1, -0.05) is 12.2 Å². The van der Waals surface area contributed by atoms with Gasteiger partial charge in [0.2, 0.25) is 0 Å². The Labute approximate surface area is 210 Å². The first-order chi connectivity index (χ1) is 17.5. The third-order valence-electron chi connectivity index (χ3n) is 6.10. The van der Waals surface area contributed by atoms with Gasteiger partial charge in [-0.15, -0.1) is 0 Å². The van der Waals surface area contributed by atoms with E-state index in [0.29, 0.717) is 0 Å². The molecule has 0 aromatic heterocycles. The van der Waals surface area contributed by atoms with E-state index in [1.807, 2.05) is 0 Å². The summed E-state index contributed by atoms with van der Waals surface area (Å²) < 4.78 is 113. The molecule has 14 heteroatoms. The number of rotatable bonds is 11. The molecular formula is C24H24F8O6. The van der Waals surface area contributed by atoms with Crippen LogP contribution in [0.25, 0.3) is 0 Å². The van der Waals surface area contributed by atoms with Gasteiger partial charge in [0, 0.05) is 36.1 Å². The van der Waals surface area contributed by atoms with Crippen LogP contribution in [0.15, 0.2) is 24.3 Å². The van der Waals surface area contributed by atoms with Gasteiger partial charge < -0.3 is 30.6 Å². The van der Waals surface area contributed by atoms with Gasteiger partial charge in [0.25, 0.3) is 0 Å². The second-order valence-electron chi connectivity index (χ2n) is 8.71. The van der Waals surface area contributed by atoms with Crippen molar-refractivity contribution in [3.05, 3.63) is 81.9 Å². The maximum absolute atomic E-state index is 14.4. The molecule has 0 amide bonds. The fourth-order valence-electron chi connectivity index (χ4n) is 4.01. The van der Waals surface area contributed by atoms with Crippen LogP contribution in [-0.2, 0) is 12.8 Å². The first kappa shape index (κ1) is 31.6. The van der Waals surface area contributed by atoms with Crippen molar-refractivity contribution in [3.8, 4) is 0 Å². The van der Waals surface area contributed by atoms with Crippen molar-refractivity contribution in [3.63, 3.8) is 0 Å². The molecule has 0 saturated carbocycles. The van der Waals surface area contributed by atoms with Gasteiger partial charge in [0.05, 0.1) is 6.61 Å². The summed E-state index contributed by atoms with van der Waals surface area (Å²) >= 11 is 0. The largest absolute Gasteiger partial charge is 0.394 e. The number of aliphatic hydroxyl groups is 6. The second-order valence-corrected chi connectivity index (χ2v) is 8.71. The highest BCUT2D eigenvalue weighted by atomic mass is 19.2. The Balaban J connectivity index is 2.78. The molecule has 0 fully saturated rings. The molecule has 0 aliphatic rings. The zero-order valence-corrected chi connectivity index (χ0v) is 19.6. The third-order valence-corrected chi connectivity index (χ3v) is 6.10. The summed E-state index contributed by atoms with van der Waals surface area (Å²) in [6.45, 7) is -0.0169. The summed E-state index contributed by atoms with van der Waals surface area (Å²) in [7, 11) is 0. The number of halogens is 8. The van der Waals surface area contributed by atoms with E-state index in [9.17, 15) is 65.8 Å². The van der Waals surface area contributed by atoms with E-state index in [2.05, 4.69) is 0 Å². The molecule has 212 valence electrons. The highest BCUT2D eigenvalue weighted by Gasteiger charge is 2.55. The van der Waals surface area contributed by atoms with Crippen LogP contribution in [0.4, 0.5) is 35.1 Å². The Hall–Kier alpha value is -2.62. The topological polar surface area (TPSA) is 121 Å². The summed E-state index contributed by atoms with van der Waals surface area (Å²) in [6, 6.07) is -0.355. The lowest BCUT2D eigenvalue weighted by molar-refractivity contribution is -0.228. The Morgan fingerprint density at radius 1 is 0.737 bits per heavy atom. The minimum atomic E-state index is -3.63. The van der Waals surface area contributed by atoms with Gasteiger partial charge in [-0.25, -0.2) is 35.1 Å². The summed E-state index contributed by atoms with van der Waals surface area (Å²) in [5.41, 5.74) is -9.88. The van der Waals surface area contributed by atoms with E-state index in [1.54, 1.807) is 0 Å². The Bertz CT molecular complexity index is 1140. The van der Waals surface area contributed by atoms with Gasteiger partial charge in [-0.05, 0) is 13.3 Å². The van der Waals surface area contributed by atoms with Crippen molar-refractivity contribution in [1.82, 2.24) is 0 Å². The van der Waals surface area contributed by atoms with Gasteiger partial charge in [0.1, 0.15) is 29.5 Å². The molecule has 2 rings (SSSR count). The number of aliphatic hydroxyl groups excluding tert-OH is 4. The quantitative estimate of drug-likeness (QED) is 0.142. The highest BCUT2D eigenvalue weighted by Crippen LogP contribution is 2.37. The first-order valence-corrected chi connectivity index (χ1v) is 10.9. The molecule has 2 aromatic carbocycles. The van der Waals surface area contributed by atoms with E-state index >= 15 is 0 Å². The first-order valence-electron chi connectivity index (χ1n) is 10.9. The van der Waals surface area contributed by atoms with Crippen molar-refractivity contribution in [2.45, 2.75) is 55.7 Å². The van der Waals surface area contributed by atoms with Crippen LogP contribution >= 0.6 is 0 Å². The average Bonchev–Trinajstić information content (AvgIpc) is 2.88. The van der Waals surface area contributed by atoms with Crippen LogP contribution in [0.1, 0.15) is 24.5 Å². The lowest BCUT2D eigenvalue weighted by atomic mass is 9.71. The van der Waals surface area contributed by atoms with Crippen molar-refractivity contribution in [2.75, 3.05) is 6.61 Å². The molecule has 1 unspecified atom stereocenters. The van der Waals surface area contributed by atoms with Crippen LogP contribution in [0.2, 0.25) is 0 Å². The Morgan fingerprint density at radius 3 is 1.50 bits per heavy atom. The fraction of sp³-hybridized carbons (Fsp3) is 0.417. The molecule has 0 radical (unpaired) electrons. The summed E-state index contributed by atoms with van der Waals surface area (Å²) in [5.74, 6) is -16.0. The van der Waals surface area contributed by atoms with E-state index in [4.69, 9.17) is 0 Å². The van der Waals surface area contributed by atoms with E-state index < -0.39 is 113 Å². The molecule has 6 nitrogen and oxygen atoms in total. The molecule has 0 heterocycles. The van der Waals surface area contributed by atoms with Gasteiger partial charge >= 0.3 is 0 Å².